The minimum atomic E-state index is -0.183. The largest absolute Gasteiger partial charge is 0.385 e. The van der Waals surface area contributed by atoms with E-state index in [0.717, 1.165) is 6.42 Å². The molecule has 0 aliphatic rings. The summed E-state index contributed by atoms with van der Waals surface area (Å²) in [6.45, 7) is 6.80. The summed E-state index contributed by atoms with van der Waals surface area (Å²) in [5.41, 5.74) is 5.29. The Labute approximate surface area is 68.4 Å². The van der Waals surface area contributed by atoms with E-state index in [4.69, 9.17) is 15.9 Å². The van der Waals surface area contributed by atoms with Crippen LogP contribution in [0, 0.1) is 11.3 Å². The molecule has 0 bridgehead atoms. The van der Waals surface area contributed by atoms with Crippen molar-refractivity contribution in [3.63, 3.8) is 0 Å². The van der Waals surface area contributed by atoms with Gasteiger partial charge in [-0.3, -0.25) is 5.41 Å². The van der Waals surface area contributed by atoms with Gasteiger partial charge in [0.2, 0.25) is 0 Å². The molecule has 0 aromatic heterocycles. The van der Waals surface area contributed by atoms with E-state index in [1.54, 1.807) is 0 Å². The molecule has 0 amide bonds. The Bertz CT molecular complexity index is 123. The van der Waals surface area contributed by atoms with Crippen LogP contribution in [0.2, 0.25) is 0 Å². The summed E-state index contributed by atoms with van der Waals surface area (Å²) in [5, 5.41) is 7.15. The van der Waals surface area contributed by atoms with E-state index in [1.165, 1.54) is 0 Å². The van der Waals surface area contributed by atoms with E-state index in [9.17, 15) is 0 Å². The van der Waals surface area contributed by atoms with Crippen LogP contribution in [0.25, 0.3) is 0 Å². The first-order valence-electron chi connectivity index (χ1n) is 4.03. The zero-order chi connectivity index (χ0) is 8.85. The Morgan fingerprint density at radius 1 is 1.55 bits per heavy atom. The quantitative estimate of drug-likeness (QED) is 0.469. The van der Waals surface area contributed by atoms with Crippen LogP contribution in [0.5, 0.6) is 0 Å². The molecule has 0 spiro atoms. The van der Waals surface area contributed by atoms with Crippen molar-refractivity contribution in [2.75, 3.05) is 6.61 Å². The molecule has 0 aromatic rings. The molecule has 3 nitrogen and oxygen atoms in total. The van der Waals surface area contributed by atoms with Crippen molar-refractivity contribution in [2.24, 2.45) is 11.7 Å². The standard InChI is InChI=1S/C8H18N2O/c1-4-7(8(9)10)11-5-6(2)3/h6-7H,4-5H2,1-3H3,(H3,9,10). The van der Waals surface area contributed by atoms with Crippen molar-refractivity contribution in [1.82, 2.24) is 0 Å². The van der Waals surface area contributed by atoms with Crippen LogP contribution in [0.15, 0.2) is 0 Å². The summed E-state index contributed by atoms with van der Waals surface area (Å²) in [6.07, 6.45) is 0.597. The highest BCUT2D eigenvalue weighted by Crippen LogP contribution is 2.01. The van der Waals surface area contributed by atoms with Crippen molar-refractivity contribution >= 4 is 5.84 Å². The van der Waals surface area contributed by atoms with E-state index in [1.807, 2.05) is 6.92 Å². The molecule has 1 atom stereocenters. The zero-order valence-corrected chi connectivity index (χ0v) is 7.55. The second kappa shape index (κ2) is 5.13. The molecule has 0 rings (SSSR count). The van der Waals surface area contributed by atoms with Gasteiger partial charge in [0.1, 0.15) is 11.9 Å². The number of nitrogens with one attached hydrogen (secondary N) is 1. The van der Waals surface area contributed by atoms with E-state index in [0.29, 0.717) is 12.5 Å². The minimum absolute atomic E-state index is 0.133. The van der Waals surface area contributed by atoms with Crippen LogP contribution in [0.4, 0.5) is 0 Å². The lowest BCUT2D eigenvalue weighted by Gasteiger charge is -2.15. The van der Waals surface area contributed by atoms with Gasteiger partial charge in [0.05, 0.1) is 0 Å². The highest BCUT2D eigenvalue weighted by molar-refractivity contribution is 5.81. The maximum Gasteiger partial charge on any atom is 0.120 e. The van der Waals surface area contributed by atoms with Crippen LogP contribution in [-0.2, 0) is 4.74 Å². The second-order valence-corrected chi connectivity index (χ2v) is 3.08. The molecule has 3 heteroatoms. The van der Waals surface area contributed by atoms with Crippen molar-refractivity contribution in [3.8, 4) is 0 Å². The molecule has 0 aromatic carbocycles. The molecule has 0 saturated heterocycles. The van der Waals surface area contributed by atoms with Gasteiger partial charge in [0.25, 0.3) is 0 Å². The third kappa shape index (κ3) is 4.79. The molecule has 11 heavy (non-hydrogen) atoms. The molecule has 0 aliphatic carbocycles. The Kier molecular flexibility index (Phi) is 4.86. The number of hydrogen-bond donors (Lipinski definition) is 2. The summed E-state index contributed by atoms with van der Waals surface area (Å²) < 4.78 is 5.36. The number of nitrogens with two attached hydrogens (primary N) is 1. The lowest BCUT2D eigenvalue weighted by molar-refractivity contribution is 0.0733. The molecule has 3 N–H and O–H groups in total. The summed E-state index contributed by atoms with van der Waals surface area (Å²) in [6, 6.07) is 0. The number of hydrogen-bond acceptors (Lipinski definition) is 2. The Balaban J connectivity index is 3.61. The average Bonchev–Trinajstić information content (AvgIpc) is 1.87. The SMILES string of the molecule is CCC(OCC(C)C)C(=N)N. The second-order valence-electron chi connectivity index (χ2n) is 3.08. The van der Waals surface area contributed by atoms with Gasteiger partial charge in [-0.25, -0.2) is 0 Å². The summed E-state index contributed by atoms with van der Waals surface area (Å²) >= 11 is 0. The minimum Gasteiger partial charge on any atom is -0.385 e. The Morgan fingerprint density at radius 2 is 2.09 bits per heavy atom. The summed E-state index contributed by atoms with van der Waals surface area (Å²) in [7, 11) is 0. The van der Waals surface area contributed by atoms with Gasteiger partial charge in [0.15, 0.2) is 0 Å². The van der Waals surface area contributed by atoms with Gasteiger partial charge >= 0.3 is 0 Å². The van der Waals surface area contributed by atoms with Gasteiger partial charge in [-0.05, 0) is 12.3 Å². The van der Waals surface area contributed by atoms with Gasteiger partial charge in [-0.15, -0.1) is 0 Å². The first-order chi connectivity index (χ1) is 5.07. The fourth-order valence-corrected chi connectivity index (χ4v) is 0.736. The number of ether oxygens (including phenoxy) is 1. The fraction of sp³-hybridized carbons (Fsp3) is 0.875. The molecule has 0 fully saturated rings. The van der Waals surface area contributed by atoms with E-state index >= 15 is 0 Å². The van der Waals surface area contributed by atoms with E-state index < -0.39 is 0 Å². The predicted octanol–water partition coefficient (Wildman–Crippen LogP) is 1.37. The third-order valence-electron chi connectivity index (χ3n) is 1.35. The molecule has 0 saturated carbocycles. The van der Waals surface area contributed by atoms with E-state index in [-0.39, 0.29) is 11.9 Å². The number of amidine groups is 1. The van der Waals surface area contributed by atoms with Crippen LogP contribution in [-0.4, -0.2) is 18.5 Å². The van der Waals surface area contributed by atoms with Crippen molar-refractivity contribution in [2.45, 2.75) is 33.3 Å². The maximum atomic E-state index is 7.15. The average molecular weight is 158 g/mol. The molecule has 1 unspecified atom stereocenters. The van der Waals surface area contributed by atoms with Crippen LogP contribution in [0.3, 0.4) is 0 Å². The van der Waals surface area contributed by atoms with Gasteiger partial charge in [0, 0.05) is 6.61 Å². The molecule has 66 valence electrons. The summed E-state index contributed by atoms with van der Waals surface area (Å²) in [5.74, 6) is 0.636. The smallest absolute Gasteiger partial charge is 0.120 e. The van der Waals surface area contributed by atoms with Crippen LogP contribution in [0.1, 0.15) is 27.2 Å². The predicted molar refractivity (Wildman–Crippen MR) is 46.8 cm³/mol. The van der Waals surface area contributed by atoms with E-state index in [2.05, 4.69) is 13.8 Å². The highest BCUT2D eigenvalue weighted by atomic mass is 16.5. The fourth-order valence-electron chi connectivity index (χ4n) is 0.736. The molecular weight excluding hydrogens is 140 g/mol. The van der Waals surface area contributed by atoms with Crippen molar-refractivity contribution in [3.05, 3.63) is 0 Å². The molecule has 0 aliphatic heterocycles. The lowest BCUT2D eigenvalue weighted by atomic mass is 10.2. The first kappa shape index (κ1) is 10.4. The van der Waals surface area contributed by atoms with Gasteiger partial charge < -0.3 is 10.5 Å². The highest BCUT2D eigenvalue weighted by Gasteiger charge is 2.09. The lowest BCUT2D eigenvalue weighted by Crippen LogP contribution is -2.30. The normalized spacial score (nSPS) is 13.5. The molecule has 0 heterocycles. The first-order valence-corrected chi connectivity index (χ1v) is 4.03. The Hall–Kier alpha value is -0.570. The van der Waals surface area contributed by atoms with Crippen LogP contribution < -0.4 is 5.73 Å². The maximum absolute atomic E-state index is 7.15. The summed E-state index contributed by atoms with van der Waals surface area (Å²) in [4.78, 5) is 0. The number of rotatable bonds is 5. The topological polar surface area (TPSA) is 59.1 Å². The Morgan fingerprint density at radius 3 is 2.36 bits per heavy atom. The van der Waals surface area contributed by atoms with Crippen LogP contribution >= 0.6 is 0 Å². The zero-order valence-electron chi connectivity index (χ0n) is 7.55. The van der Waals surface area contributed by atoms with Gasteiger partial charge in [-0.1, -0.05) is 20.8 Å². The van der Waals surface area contributed by atoms with Crippen molar-refractivity contribution < 1.29 is 4.74 Å². The van der Waals surface area contributed by atoms with Gasteiger partial charge in [-0.2, -0.15) is 0 Å². The molecule has 0 radical (unpaired) electrons. The monoisotopic (exact) mass is 158 g/mol. The molecular formula is C8H18N2O. The third-order valence-corrected chi connectivity index (χ3v) is 1.35. The van der Waals surface area contributed by atoms with Crippen molar-refractivity contribution in [1.29, 1.82) is 5.41 Å².